The third-order valence-corrected chi connectivity index (χ3v) is 3.26. The topological polar surface area (TPSA) is 21.3 Å². The lowest BCUT2D eigenvalue weighted by Crippen LogP contribution is -2.26. The van der Waals surface area contributed by atoms with Crippen LogP contribution in [0.3, 0.4) is 0 Å². The fourth-order valence-electron chi connectivity index (χ4n) is 2.37. The number of methoxy groups -OCH3 is 1. The third-order valence-electron chi connectivity index (χ3n) is 3.26. The average molecular weight is 242 g/mol. The highest BCUT2D eigenvalue weighted by molar-refractivity contribution is 5.85. The summed E-state index contributed by atoms with van der Waals surface area (Å²) in [6, 6.07) is 6.44. The molecule has 1 aliphatic heterocycles. The van der Waals surface area contributed by atoms with Crippen molar-refractivity contribution in [2.45, 2.75) is 25.7 Å². The van der Waals surface area contributed by atoms with Crippen molar-refractivity contribution in [1.82, 2.24) is 5.32 Å². The number of nitrogens with one attached hydrogen (secondary N) is 1. The smallest absolute Gasteiger partial charge is 0.119 e. The van der Waals surface area contributed by atoms with Crippen LogP contribution in [0.25, 0.3) is 0 Å². The molecule has 1 aromatic carbocycles. The van der Waals surface area contributed by atoms with Gasteiger partial charge in [-0.15, -0.1) is 12.4 Å². The number of aryl methyl sites for hydroxylation is 1. The quantitative estimate of drug-likeness (QED) is 0.860. The van der Waals surface area contributed by atoms with E-state index in [0.29, 0.717) is 0 Å². The minimum Gasteiger partial charge on any atom is -0.497 e. The van der Waals surface area contributed by atoms with Crippen molar-refractivity contribution in [3.8, 4) is 5.75 Å². The van der Waals surface area contributed by atoms with Gasteiger partial charge in [0.05, 0.1) is 7.11 Å². The fourth-order valence-corrected chi connectivity index (χ4v) is 2.37. The van der Waals surface area contributed by atoms with E-state index in [9.17, 15) is 0 Å². The monoisotopic (exact) mass is 241 g/mol. The van der Waals surface area contributed by atoms with Crippen LogP contribution in [0.5, 0.6) is 5.75 Å². The molecule has 3 heteroatoms. The zero-order valence-corrected chi connectivity index (χ0v) is 10.8. The van der Waals surface area contributed by atoms with E-state index in [-0.39, 0.29) is 12.4 Å². The average Bonchev–Trinajstić information content (AvgIpc) is 2.30. The Morgan fingerprint density at radius 3 is 2.50 bits per heavy atom. The van der Waals surface area contributed by atoms with E-state index in [1.54, 1.807) is 7.11 Å². The van der Waals surface area contributed by atoms with Gasteiger partial charge in [0.1, 0.15) is 5.75 Å². The first kappa shape index (κ1) is 13.3. The van der Waals surface area contributed by atoms with Gasteiger partial charge in [-0.3, -0.25) is 0 Å². The van der Waals surface area contributed by atoms with Crippen LogP contribution < -0.4 is 10.1 Å². The minimum absolute atomic E-state index is 0. The summed E-state index contributed by atoms with van der Waals surface area (Å²) in [5.41, 5.74) is 2.86. The Bertz CT molecular complexity index is 335. The number of piperidine rings is 1. The van der Waals surface area contributed by atoms with E-state index in [0.717, 1.165) is 24.8 Å². The fraction of sp³-hybridized carbons (Fsp3) is 0.538. The molecule has 1 N–H and O–H groups in total. The number of ether oxygens (including phenoxy) is 1. The van der Waals surface area contributed by atoms with Crippen LogP contribution in [0, 0.1) is 6.92 Å². The maximum absolute atomic E-state index is 5.22. The Kier molecular flexibility index (Phi) is 5.10. The van der Waals surface area contributed by atoms with E-state index in [2.05, 4.69) is 30.4 Å². The van der Waals surface area contributed by atoms with Gasteiger partial charge in [-0.25, -0.2) is 0 Å². The van der Waals surface area contributed by atoms with Crippen LogP contribution in [0.1, 0.15) is 29.9 Å². The molecule has 2 rings (SSSR count). The molecule has 1 aromatic rings. The van der Waals surface area contributed by atoms with Crippen LogP contribution in [-0.4, -0.2) is 20.2 Å². The first-order chi connectivity index (χ1) is 7.31. The van der Waals surface area contributed by atoms with E-state index in [4.69, 9.17) is 4.74 Å². The minimum atomic E-state index is 0. The summed E-state index contributed by atoms with van der Waals surface area (Å²) in [4.78, 5) is 0. The molecular formula is C13H20ClNO. The molecule has 0 saturated carbocycles. The van der Waals surface area contributed by atoms with Crippen LogP contribution in [0.15, 0.2) is 18.2 Å². The number of hydrogen-bond donors (Lipinski definition) is 1. The molecule has 1 aliphatic rings. The maximum atomic E-state index is 5.22. The van der Waals surface area contributed by atoms with Gasteiger partial charge >= 0.3 is 0 Å². The summed E-state index contributed by atoms with van der Waals surface area (Å²) in [5.74, 6) is 1.70. The third kappa shape index (κ3) is 2.89. The van der Waals surface area contributed by atoms with Crippen molar-refractivity contribution in [1.29, 1.82) is 0 Å². The van der Waals surface area contributed by atoms with E-state index in [1.807, 2.05) is 0 Å². The van der Waals surface area contributed by atoms with Gasteiger partial charge in [-0.1, -0.05) is 6.07 Å². The van der Waals surface area contributed by atoms with E-state index >= 15 is 0 Å². The first-order valence-corrected chi connectivity index (χ1v) is 5.66. The van der Waals surface area contributed by atoms with Crippen molar-refractivity contribution in [2.75, 3.05) is 20.2 Å². The predicted molar refractivity (Wildman–Crippen MR) is 69.8 cm³/mol. The summed E-state index contributed by atoms with van der Waals surface area (Å²) in [7, 11) is 1.72. The summed E-state index contributed by atoms with van der Waals surface area (Å²) in [6.45, 7) is 4.48. The normalized spacial score (nSPS) is 16.6. The van der Waals surface area contributed by atoms with Crippen molar-refractivity contribution in [2.24, 2.45) is 0 Å². The zero-order chi connectivity index (χ0) is 10.7. The van der Waals surface area contributed by atoms with E-state index < -0.39 is 0 Å². The van der Waals surface area contributed by atoms with Crippen LogP contribution in [0.2, 0.25) is 0 Å². The SMILES string of the molecule is COc1ccc(C2CCNCC2)c(C)c1.Cl. The van der Waals surface area contributed by atoms with Crippen LogP contribution >= 0.6 is 12.4 Å². The molecule has 0 spiro atoms. The number of halogens is 1. The molecule has 1 fully saturated rings. The molecular weight excluding hydrogens is 222 g/mol. The first-order valence-electron chi connectivity index (χ1n) is 5.66. The number of hydrogen-bond acceptors (Lipinski definition) is 2. The van der Waals surface area contributed by atoms with Gasteiger partial charge in [0.15, 0.2) is 0 Å². The molecule has 0 atom stereocenters. The molecule has 0 aromatic heterocycles. The van der Waals surface area contributed by atoms with Gasteiger partial charge in [-0.2, -0.15) is 0 Å². The second-order valence-corrected chi connectivity index (χ2v) is 4.25. The van der Waals surface area contributed by atoms with Crippen LogP contribution in [-0.2, 0) is 0 Å². The van der Waals surface area contributed by atoms with Gasteiger partial charge in [0.2, 0.25) is 0 Å². The Morgan fingerprint density at radius 1 is 1.25 bits per heavy atom. The van der Waals surface area contributed by atoms with Gasteiger partial charge in [-0.05, 0) is 62.0 Å². The summed E-state index contributed by atoms with van der Waals surface area (Å²) >= 11 is 0. The van der Waals surface area contributed by atoms with Crippen molar-refractivity contribution in [3.63, 3.8) is 0 Å². The molecule has 0 aliphatic carbocycles. The van der Waals surface area contributed by atoms with Crippen LogP contribution in [0.4, 0.5) is 0 Å². The lowest BCUT2D eigenvalue weighted by Gasteiger charge is -2.24. The lowest BCUT2D eigenvalue weighted by atomic mass is 9.87. The second-order valence-electron chi connectivity index (χ2n) is 4.25. The highest BCUT2D eigenvalue weighted by Gasteiger charge is 2.16. The Hall–Kier alpha value is -0.730. The summed E-state index contributed by atoms with van der Waals surface area (Å²) in [5, 5.41) is 3.40. The van der Waals surface area contributed by atoms with Gasteiger partial charge < -0.3 is 10.1 Å². The van der Waals surface area contributed by atoms with Crippen molar-refractivity contribution in [3.05, 3.63) is 29.3 Å². The van der Waals surface area contributed by atoms with Crippen molar-refractivity contribution >= 4 is 12.4 Å². The van der Waals surface area contributed by atoms with Gasteiger partial charge in [0.25, 0.3) is 0 Å². The maximum Gasteiger partial charge on any atom is 0.119 e. The predicted octanol–water partition coefficient (Wildman–Crippen LogP) is 2.89. The molecule has 0 radical (unpaired) electrons. The molecule has 0 unspecified atom stereocenters. The largest absolute Gasteiger partial charge is 0.497 e. The van der Waals surface area contributed by atoms with Crippen molar-refractivity contribution < 1.29 is 4.74 Å². The van der Waals surface area contributed by atoms with Gasteiger partial charge in [0, 0.05) is 0 Å². The molecule has 1 saturated heterocycles. The standard InChI is InChI=1S/C13H19NO.ClH/c1-10-9-12(15-2)3-4-13(10)11-5-7-14-8-6-11;/h3-4,9,11,14H,5-8H2,1-2H3;1H. The molecule has 0 bridgehead atoms. The Labute approximate surface area is 104 Å². The summed E-state index contributed by atoms with van der Waals surface area (Å²) < 4.78 is 5.22. The van der Waals surface area contributed by atoms with E-state index in [1.165, 1.54) is 24.0 Å². The molecule has 0 amide bonds. The number of rotatable bonds is 2. The molecule has 1 heterocycles. The zero-order valence-electron chi connectivity index (χ0n) is 9.95. The Morgan fingerprint density at radius 2 is 1.94 bits per heavy atom. The Balaban J connectivity index is 0.00000128. The highest BCUT2D eigenvalue weighted by Crippen LogP contribution is 2.29. The lowest BCUT2D eigenvalue weighted by molar-refractivity contribution is 0.413. The molecule has 2 nitrogen and oxygen atoms in total. The summed E-state index contributed by atoms with van der Waals surface area (Å²) in [6.07, 6.45) is 2.51. The molecule has 90 valence electrons. The number of benzene rings is 1. The second kappa shape index (κ2) is 6.12. The molecule has 16 heavy (non-hydrogen) atoms. The highest BCUT2D eigenvalue weighted by atomic mass is 35.5.